The molecular formula is C25H38O4S. The smallest absolute Gasteiger partial charge is 0.152 e. The van der Waals surface area contributed by atoms with E-state index >= 15 is 0 Å². The molecule has 5 heteroatoms. The molecule has 3 unspecified atom stereocenters. The Morgan fingerprint density at radius 2 is 1.63 bits per heavy atom. The van der Waals surface area contributed by atoms with Crippen LogP contribution in [0.15, 0.2) is 24.3 Å². The maximum absolute atomic E-state index is 12.8. The zero-order valence-electron chi connectivity index (χ0n) is 19.0. The average molecular weight is 435 g/mol. The van der Waals surface area contributed by atoms with Gasteiger partial charge in [0, 0.05) is 12.3 Å². The van der Waals surface area contributed by atoms with Crippen LogP contribution in [0.2, 0.25) is 0 Å². The molecule has 30 heavy (non-hydrogen) atoms. The first-order chi connectivity index (χ1) is 14.2. The van der Waals surface area contributed by atoms with E-state index in [1.807, 2.05) is 24.3 Å². The van der Waals surface area contributed by atoms with Crippen molar-refractivity contribution in [3.05, 3.63) is 29.8 Å². The summed E-state index contributed by atoms with van der Waals surface area (Å²) >= 11 is 0. The second kappa shape index (κ2) is 9.84. The van der Waals surface area contributed by atoms with Crippen LogP contribution in [0.4, 0.5) is 0 Å². The van der Waals surface area contributed by atoms with Crippen molar-refractivity contribution in [1.82, 2.24) is 0 Å². The third-order valence-corrected chi connectivity index (χ3v) is 9.84. The van der Waals surface area contributed by atoms with Gasteiger partial charge in [-0.1, -0.05) is 26.0 Å². The molecule has 1 aromatic rings. The van der Waals surface area contributed by atoms with Gasteiger partial charge in [-0.3, -0.25) is 4.79 Å². The summed E-state index contributed by atoms with van der Waals surface area (Å²) in [6.07, 6.45) is 6.40. The highest BCUT2D eigenvalue weighted by Gasteiger charge is 2.32. The van der Waals surface area contributed by atoms with Gasteiger partial charge < -0.3 is 4.74 Å². The topological polar surface area (TPSA) is 60.4 Å². The second-order valence-corrected chi connectivity index (χ2v) is 12.6. The molecule has 0 aromatic heterocycles. The molecule has 2 aliphatic rings. The number of carbonyl (C=O) groups excluding carboxylic acids is 1. The number of sulfone groups is 1. The molecule has 0 aliphatic heterocycles. The Bertz CT molecular complexity index is 804. The minimum atomic E-state index is -3.00. The van der Waals surface area contributed by atoms with Crippen molar-refractivity contribution in [2.45, 2.75) is 84.0 Å². The van der Waals surface area contributed by atoms with E-state index in [1.54, 1.807) is 13.8 Å². The molecule has 0 amide bonds. The molecule has 2 aliphatic carbocycles. The summed E-state index contributed by atoms with van der Waals surface area (Å²) in [5, 5.41) is -0.316. The lowest BCUT2D eigenvalue weighted by molar-refractivity contribution is -0.123. The van der Waals surface area contributed by atoms with Crippen molar-refractivity contribution in [3.8, 4) is 5.75 Å². The van der Waals surface area contributed by atoms with Crippen LogP contribution in [0.5, 0.6) is 5.75 Å². The SMILES string of the molecule is CC1CCC(Oc2ccc(CC(=O)C3CCC(CS(=O)(=O)C(C)C)CC3)cc2)C1C. The lowest BCUT2D eigenvalue weighted by Gasteiger charge is -2.28. The van der Waals surface area contributed by atoms with Gasteiger partial charge >= 0.3 is 0 Å². The van der Waals surface area contributed by atoms with Gasteiger partial charge in [0.15, 0.2) is 9.84 Å². The van der Waals surface area contributed by atoms with Crippen molar-refractivity contribution < 1.29 is 17.9 Å². The summed E-state index contributed by atoms with van der Waals surface area (Å²) in [4.78, 5) is 12.8. The Morgan fingerprint density at radius 3 is 2.17 bits per heavy atom. The summed E-state index contributed by atoms with van der Waals surface area (Å²) in [6, 6.07) is 8.01. The minimum Gasteiger partial charge on any atom is -0.490 e. The largest absolute Gasteiger partial charge is 0.490 e. The monoisotopic (exact) mass is 434 g/mol. The van der Waals surface area contributed by atoms with Gasteiger partial charge in [-0.25, -0.2) is 8.42 Å². The number of ether oxygens (including phenoxy) is 1. The predicted octanol–water partition coefficient (Wildman–Crippen LogP) is 5.24. The molecule has 2 saturated carbocycles. The maximum Gasteiger partial charge on any atom is 0.152 e. The Hall–Kier alpha value is -1.36. The molecule has 1 aromatic carbocycles. The third kappa shape index (κ3) is 5.87. The fraction of sp³-hybridized carbons (Fsp3) is 0.720. The standard InChI is InChI=1S/C25H38O4S/c1-17(2)30(27,28)16-21-6-10-22(11-7-21)24(26)15-20-8-12-23(13-9-20)29-25-14-5-18(3)19(25)4/h8-9,12-13,17-19,21-22,25H,5-7,10-11,14-16H2,1-4H3. The predicted molar refractivity (Wildman–Crippen MR) is 122 cm³/mol. The Labute approximate surface area is 182 Å². The van der Waals surface area contributed by atoms with Gasteiger partial charge in [0.05, 0.1) is 11.0 Å². The normalized spacial score (nSPS) is 29.8. The molecule has 0 spiro atoms. The summed E-state index contributed by atoms with van der Waals surface area (Å²) in [5.41, 5.74) is 1.03. The van der Waals surface area contributed by atoms with Crippen molar-refractivity contribution >= 4 is 15.6 Å². The van der Waals surface area contributed by atoms with Crippen LogP contribution in [0.25, 0.3) is 0 Å². The van der Waals surface area contributed by atoms with Gasteiger partial charge in [0.1, 0.15) is 17.6 Å². The van der Waals surface area contributed by atoms with Gasteiger partial charge in [-0.05, 0) is 87.8 Å². The van der Waals surface area contributed by atoms with Crippen LogP contribution in [0, 0.1) is 23.7 Å². The van der Waals surface area contributed by atoms with Crippen LogP contribution in [0.1, 0.15) is 71.8 Å². The van der Waals surface area contributed by atoms with Crippen LogP contribution < -0.4 is 4.74 Å². The van der Waals surface area contributed by atoms with Crippen LogP contribution in [0.3, 0.4) is 0 Å². The van der Waals surface area contributed by atoms with Crippen molar-refractivity contribution in [3.63, 3.8) is 0 Å². The number of ketones is 1. The number of hydrogen-bond donors (Lipinski definition) is 0. The first kappa shape index (κ1) is 23.3. The van der Waals surface area contributed by atoms with Crippen molar-refractivity contribution in [2.75, 3.05) is 5.75 Å². The Balaban J connectivity index is 1.46. The van der Waals surface area contributed by atoms with Crippen molar-refractivity contribution in [2.24, 2.45) is 23.7 Å². The van der Waals surface area contributed by atoms with E-state index in [9.17, 15) is 13.2 Å². The molecule has 0 saturated heterocycles. The highest BCUT2D eigenvalue weighted by molar-refractivity contribution is 7.91. The summed E-state index contributed by atoms with van der Waals surface area (Å²) in [6.45, 7) is 8.05. The average Bonchev–Trinajstić information content (AvgIpc) is 3.01. The summed E-state index contributed by atoms with van der Waals surface area (Å²) in [5.74, 6) is 3.02. The highest BCUT2D eigenvalue weighted by Crippen LogP contribution is 2.34. The summed E-state index contributed by atoms with van der Waals surface area (Å²) < 4.78 is 30.5. The number of carbonyl (C=O) groups is 1. The molecule has 0 N–H and O–H groups in total. The lowest BCUT2D eigenvalue weighted by Crippen LogP contribution is -2.29. The molecule has 3 atom stereocenters. The fourth-order valence-corrected chi connectivity index (χ4v) is 6.24. The molecule has 4 nitrogen and oxygen atoms in total. The van der Waals surface area contributed by atoms with E-state index in [2.05, 4.69) is 13.8 Å². The van der Waals surface area contributed by atoms with E-state index in [-0.39, 0.29) is 28.6 Å². The highest BCUT2D eigenvalue weighted by atomic mass is 32.2. The first-order valence-corrected chi connectivity index (χ1v) is 13.4. The molecule has 0 heterocycles. The van der Waals surface area contributed by atoms with Crippen LogP contribution >= 0.6 is 0 Å². The molecule has 2 fully saturated rings. The van der Waals surface area contributed by atoms with Gasteiger partial charge in [0.25, 0.3) is 0 Å². The number of hydrogen-bond acceptors (Lipinski definition) is 4. The fourth-order valence-electron chi connectivity index (χ4n) is 4.86. The number of rotatable bonds is 8. The summed E-state index contributed by atoms with van der Waals surface area (Å²) in [7, 11) is -3.00. The third-order valence-electron chi connectivity index (χ3n) is 7.47. The molecule has 3 rings (SSSR count). The van der Waals surface area contributed by atoms with Gasteiger partial charge in [-0.15, -0.1) is 0 Å². The second-order valence-electron chi connectivity index (χ2n) is 9.95. The van der Waals surface area contributed by atoms with Gasteiger partial charge in [-0.2, -0.15) is 0 Å². The van der Waals surface area contributed by atoms with Gasteiger partial charge in [0.2, 0.25) is 0 Å². The molecule has 0 radical (unpaired) electrons. The Morgan fingerprint density at radius 1 is 1.00 bits per heavy atom. The molecular weight excluding hydrogens is 396 g/mol. The maximum atomic E-state index is 12.8. The van der Waals surface area contributed by atoms with E-state index in [0.717, 1.165) is 43.4 Å². The number of Topliss-reactive ketones (excluding diaryl/α,β-unsaturated/α-hetero) is 1. The lowest BCUT2D eigenvalue weighted by atomic mass is 9.79. The molecule has 168 valence electrons. The van der Waals surface area contributed by atoms with E-state index < -0.39 is 9.84 Å². The van der Waals surface area contributed by atoms with E-state index in [4.69, 9.17) is 4.74 Å². The zero-order valence-corrected chi connectivity index (χ0v) is 19.8. The first-order valence-electron chi connectivity index (χ1n) is 11.7. The quantitative estimate of drug-likeness (QED) is 0.561. The van der Waals surface area contributed by atoms with Crippen molar-refractivity contribution in [1.29, 1.82) is 0 Å². The van der Waals surface area contributed by atoms with E-state index in [0.29, 0.717) is 24.4 Å². The Kier molecular flexibility index (Phi) is 7.65. The zero-order chi connectivity index (χ0) is 21.9. The van der Waals surface area contributed by atoms with E-state index in [1.165, 1.54) is 6.42 Å². The molecule has 0 bridgehead atoms. The van der Waals surface area contributed by atoms with Crippen LogP contribution in [-0.4, -0.2) is 31.3 Å². The minimum absolute atomic E-state index is 0.0692. The van der Waals surface area contributed by atoms with Crippen LogP contribution in [-0.2, 0) is 21.1 Å². The number of benzene rings is 1.